The molecule has 1 aliphatic carbocycles. The van der Waals surface area contributed by atoms with E-state index in [4.69, 9.17) is 7.85 Å². The Bertz CT molecular complexity index is 375. The van der Waals surface area contributed by atoms with Gasteiger partial charge in [-0.05, 0) is 25.2 Å². The summed E-state index contributed by atoms with van der Waals surface area (Å²) in [6.45, 7) is 4.99. The average Bonchev–Trinajstić information content (AvgIpc) is 2.57. The molecule has 3 nitrogen and oxygen atoms in total. The van der Waals surface area contributed by atoms with E-state index < -0.39 is 5.31 Å². The van der Waals surface area contributed by atoms with Crippen molar-refractivity contribution in [2.75, 3.05) is 25.1 Å². The van der Waals surface area contributed by atoms with Crippen molar-refractivity contribution in [2.24, 2.45) is 0 Å². The molecule has 0 spiro atoms. The minimum atomic E-state index is -0.411. The summed E-state index contributed by atoms with van der Waals surface area (Å²) in [5.41, 5.74) is 0. The maximum atomic E-state index is 11.7. The zero-order chi connectivity index (χ0) is 18.1. The first kappa shape index (κ1) is 23.8. The Morgan fingerprint density at radius 2 is 1.67 bits per heavy atom. The van der Waals surface area contributed by atoms with E-state index in [2.05, 4.69) is 22.6 Å². The summed E-state index contributed by atoms with van der Waals surface area (Å²) in [4.78, 5) is 11.7. The Morgan fingerprint density at radius 3 is 2.29 bits per heavy atom. The van der Waals surface area contributed by atoms with Crippen molar-refractivity contribution in [3.63, 3.8) is 0 Å². The normalized spacial score (nSPS) is 16.5. The number of amides is 1. The molecule has 1 aliphatic rings. The third kappa shape index (κ3) is 13.1. The van der Waals surface area contributed by atoms with Crippen LogP contribution in [0.25, 0.3) is 0 Å². The van der Waals surface area contributed by atoms with Gasteiger partial charge in [0, 0.05) is 30.5 Å². The molecule has 0 atom stereocenters. The standard InChI is InChI=1S/C16H27BN2OS2.C2H6/c1-18-12-14-22-21-13-7-15(20)19-11-10-16(17)8-5-3-2-4-6-9-16;1-2/h18H,2-9,12-14H2,1H3,(H,19,20);1-2H3. The van der Waals surface area contributed by atoms with Gasteiger partial charge >= 0.3 is 0 Å². The van der Waals surface area contributed by atoms with Crippen LogP contribution in [0.4, 0.5) is 0 Å². The lowest BCUT2D eigenvalue weighted by atomic mass is 9.62. The van der Waals surface area contributed by atoms with Crippen LogP contribution in [0.2, 0.25) is 5.31 Å². The van der Waals surface area contributed by atoms with Crippen molar-refractivity contribution in [1.29, 1.82) is 0 Å². The van der Waals surface area contributed by atoms with Crippen LogP contribution in [0.5, 0.6) is 0 Å². The second kappa shape index (κ2) is 16.2. The van der Waals surface area contributed by atoms with Crippen molar-refractivity contribution in [3.05, 3.63) is 0 Å². The number of carbonyl (C=O) groups excluding carboxylic acids is 1. The van der Waals surface area contributed by atoms with E-state index in [0.717, 1.165) is 43.7 Å². The van der Waals surface area contributed by atoms with Gasteiger partial charge in [-0.2, -0.15) is 0 Å². The Kier molecular flexibility index (Phi) is 16.1. The summed E-state index contributed by atoms with van der Waals surface area (Å²) in [6.07, 6.45) is 8.46. The predicted molar refractivity (Wildman–Crippen MR) is 111 cm³/mol. The van der Waals surface area contributed by atoms with Gasteiger partial charge in [0.05, 0.1) is 7.85 Å². The van der Waals surface area contributed by atoms with Crippen LogP contribution >= 0.6 is 21.6 Å². The third-order valence-corrected chi connectivity index (χ3v) is 6.10. The highest BCUT2D eigenvalue weighted by Gasteiger charge is 2.21. The average molecular weight is 368 g/mol. The number of hydrogen-bond donors (Lipinski definition) is 2. The summed E-state index contributed by atoms with van der Waals surface area (Å²) < 4.78 is 0. The monoisotopic (exact) mass is 368 g/mol. The van der Waals surface area contributed by atoms with E-state index in [1.54, 1.807) is 21.6 Å². The van der Waals surface area contributed by atoms with Crippen molar-refractivity contribution in [1.82, 2.24) is 10.6 Å². The molecular weight excluding hydrogens is 335 g/mol. The van der Waals surface area contributed by atoms with Crippen molar-refractivity contribution >= 4 is 35.3 Å². The van der Waals surface area contributed by atoms with Crippen molar-refractivity contribution < 1.29 is 4.79 Å². The first-order valence-corrected chi connectivity index (χ1v) is 11.6. The molecular formula is C18H33BN2OS2. The van der Waals surface area contributed by atoms with Gasteiger partial charge in [-0.1, -0.05) is 73.5 Å². The number of carbonyl (C=O) groups is 1. The van der Waals surface area contributed by atoms with Gasteiger partial charge in [-0.25, -0.2) is 0 Å². The van der Waals surface area contributed by atoms with Gasteiger partial charge in [0.1, 0.15) is 0 Å². The molecule has 0 aromatic carbocycles. The maximum Gasteiger partial charge on any atom is 0.232 e. The lowest BCUT2D eigenvalue weighted by molar-refractivity contribution is -0.119. The fourth-order valence-electron chi connectivity index (χ4n) is 2.35. The van der Waals surface area contributed by atoms with Crippen LogP contribution in [-0.2, 0) is 4.79 Å². The van der Waals surface area contributed by atoms with Crippen LogP contribution in [0.15, 0.2) is 0 Å². The quantitative estimate of drug-likeness (QED) is 0.233. The molecule has 0 aromatic heterocycles. The summed E-state index contributed by atoms with van der Waals surface area (Å²) in [6, 6.07) is 2.80. The Labute approximate surface area is 158 Å². The second-order valence-electron chi connectivity index (χ2n) is 5.72. The van der Waals surface area contributed by atoms with Crippen molar-refractivity contribution in [3.8, 4) is 12.0 Å². The van der Waals surface area contributed by atoms with E-state index in [1.807, 2.05) is 20.9 Å². The van der Waals surface area contributed by atoms with Gasteiger partial charge in [0.25, 0.3) is 0 Å². The third-order valence-electron chi connectivity index (χ3n) is 3.69. The smallest absolute Gasteiger partial charge is 0.232 e. The van der Waals surface area contributed by atoms with Gasteiger partial charge in [0.2, 0.25) is 5.91 Å². The predicted octanol–water partition coefficient (Wildman–Crippen LogP) is 4.15. The number of hydrogen-bond acceptors (Lipinski definition) is 4. The SMILES string of the molecule is CC.[B]C1(C#CNC(=O)CCSSCCNC)CCCCCCC1. The van der Waals surface area contributed by atoms with Gasteiger partial charge in [-0.15, -0.1) is 0 Å². The molecule has 0 saturated heterocycles. The topological polar surface area (TPSA) is 41.1 Å². The fraction of sp³-hybridized carbons (Fsp3) is 0.833. The van der Waals surface area contributed by atoms with Crippen LogP contribution < -0.4 is 10.6 Å². The maximum absolute atomic E-state index is 11.7. The Morgan fingerprint density at radius 1 is 1.08 bits per heavy atom. The molecule has 0 heterocycles. The van der Waals surface area contributed by atoms with E-state index in [0.29, 0.717) is 6.42 Å². The molecule has 0 aliphatic heterocycles. The minimum Gasteiger partial charge on any atom is -0.319 e. The molecule has 1 fully saturated rings. The summed E-state index contributed by atoms with van der Waals surface area (Å²) in [5, 5.41) is 5.36. The van der Waals surface area contributed by atoms with Gasteiger partial charge in [-0.3, -0.25) is 10.1 Å². The van der Waals surface area contributed by atoms with Crippen LogP contribution in [0, 0.1) is 12.0 Å². The molecule has 2 N–H and O–H groups in total. The largest absolute Gasteiger partial charge is 0.319 e. The highest BCUT2D eigenvalue weighted by Crippen LogP contribution is 2.36. The number of rotatable bonds is 7. The molecule has 0 unspecified atom stereocenters. The summed E-state index contributed by atoms with van der Waals surface area (Å²) in [7, 11) is 11.8. The molecule has 1 saturated carbocycles. The second-order valence-corrected chi connectivity index (χ2v) is 8.42. The molecule has 2 radical (unpaired) electrons. The molecule has 1 rings (SSSR count). The Balaban J connectivity index is 0.00000254. The highest BCUT2D eigenvalue weighted by atomic mass is 33.1. The summed E-state index contributed by atoms with van der Waals surface area (Å²) >= 11 is 0. The lowest BCUT2D eigenvalue weighted by Crippen LogP contribution is -2.19. The number of nitrogens with one attached hydrogen (secondary N) is 2. The van der Waals surface area contributed by atoms with Crippen molar-refractivity contribution in [2.45, 2.75) is 70.5 Å². The molecule has 0 bridgehead atoms. The zero-order valence-corrected chi connectivity index (χ0v) is 17.2. The first-order valence-electron chi connectivity index (χ1n) is 9.15. The van der Waals surface area contributed by atoms with E-state index in [9.17, 15) is 4.79 Å². The summed E-state index contributed by atoms with van der Waals surface area (Å²) in [5.74, 6) is 4.95. The molecule has 0 aromatic rings. The Hall–Kier alpha value is -0.245. The van der Waals surface area contributed by atoms with E-state index >= 15 is 0 Å². The fourth-order valence-corrected chi connectivity index (χ4v) is 4.34. The minimum absolute atomic E-state index is 0.0105. The molecule has 1 amide bonds. The first-order chi connectivity index (χ1) is 11.7. The highest BCUT2D eigenvalue weighted by molar-refractivity contribution is 8.76. The van der Waals surface area contributed by atoms with E-state index in [-0.39, 0.29) is 5.91 Å². The van der Waals surface area contributed by atoms with Crippen LogP contribution in [0.1, 0.15) is 65.2 Å². The van der Waals surface area contributed by atoms with Gasteiger partial charge < -0.3 is 5.32 Å². The lowest BCUT2D eigenvalue weighted by Gasteiger charge is -2.26. The van der Waals surface area contributed by atoms with Crippen LogP contribution in [-0.4, -0.2) is 38.9 Å². The van der Waals surface area contributed by atoms with E-state index in [1.165, 1.54) is 19.3 Å². The zero-order valence-electron chi connectivity index (χ0n) is 15.6. The van der Waals surface area contributed by atoms with Gasteiger partial charge in [0.15, 0.2) is 0 Å². The molecule has 24 heavy (non-hydrogen) atoms. The van der Waals surface area contributed by atoms with Crippen LogP contribution in [0.3, 0.4) is 0 Å². The molecule has 6 heteroatoms. The molecule has 136 valence electrons.